The van der Waals surface area contributed by atoms with Gasteiger partial charge >= 0.3 is 0 Å². The average molecular weight is 354 g/mol. The Morgan fingerprint density at radius 2 is 2.00 bits per heavy atom. The van der Waals surface area contributed by atoms with Crippen LogP contribution in [0.1, 0.15) is 37.4 Å². The molecule has 5 rings (SSSR count). The van der Waals surface area contributed by atoms with E-state index in [1.165, 1.54) is 0 Å². The number of hydrogen-bond acceptors (Lipinski definition) is 4. The molecule has 1 aliphatic heterocycles. The highest BCUT2D eigenvalue weighted by molar-refractivity contribution is 5.81. The standard InChI is InChI=1S/C20H26N4O2/c25-18-8-14-10-21-9-13(14)7-16(18)22-19(26)11-24-17-4-2-1-3-15(17)23-20(24)12-5-6-12/h1-4,12-14,16,18,21,25H,5-11H2,(H,22,26)/t13-,14+,16-,18-/m0/s1. The SMILES string of the molecule is O=C(Cn1c(C2CC2)nc2ccccc21)N[C@H]1C[C@H]2CNC[C@H]2C[C@@H]1O. The van der Waals surface area contributed by atoms with Crippen LogP contribution in [0.3, 0.4) is 0 Å². The number of fused-ring (bicyclic) bond motifs is 2. The summed E-state index contributed by atoms with van der Waals surface area (Å²) in [5.74, 6) is 2.62. The molecular formula is C20H26N4O2. The lowest BCUT2D eigenvalue weighted by Crippen LogP contribution is -2.50. The summed E-state index contributed by atoms with van der Waals surface area (Å²) in [6.45, 7) is 2.28. The molecular weight excluding hydrogens is 328 g/mol. The topological polar surface area (TPSA) is 79.2 Å². The molecule has 1 aromatic heterocycles. The fourth-order valence-corrected chi connectivity index (χ4v) is 4.76. The minimum absolute atomic E-state index is 0.0245. The second-order valence-electron chi connectivity index (χ2n) is 8.21. The number of aliphatic hydroxyl groups excluding tert-OH is 1. The molecule has 2 heterocycles. The number of nitrogens with one attached hydrogen (secondary N) is 2. The van der Waals surface area contributed by atoms with Gasteiger partial charge in [0, 0.05) is 5.92 Å². The van der Waals surface area contributed by atoms with Crippen molar-refractivity contribution in [3.8, 4) is 0 Å². The third-order valence-electron chi connectivity index (χ3n) is 6.32. The summed E-state index contributed by atoms with van der Waals surface area (Å²) in [6.07, 6.45) is 3.52. The molecule has 2 aromatic rings. The Labute approximate surface area is 153 Å². The first-order chi connectivity index (χ1) is 12.7. The zero-order valence-electron chi connectivity index (χ0n) is 14.9. The largest absolute Gasteiger partial charge is 0.391 e. The summed E-state index contributed by atoms with van der Waals surface area (Å²) in [5.41, 5.74) is 1.98. The van der Waals surface area contributed by atoms with Gasteiger partial charge < -0.3 is 20.3 Å². The summed E-state index contributed by atoms with van der Waals surface area (Å²) in [4.78, 5) is 17.5. The Morgan fingerprint density at radius 1 is 1.23 bits per heavy atom. The zero-order valence-corrected chi connectivity index (χ0v) is 14.9. The van der Waals surface area contributed by atoms with Crippen LogP contribution in [0.2, 0.25) is 0 Å². The van der Waals surface area contributed by atoms with Gasteiger partial charge in [-0.15, -0.1) is 0 Å². The highest BCUT2D eigenvalue weighted by Gasteiger charge is 2.39. The van der Waals surface area contributed by atoms with Gasteiger partial charge in [0.15, 0.2) is 0 Å². The van der Waals surface area contributed by atoms with Crippen molar-refractivity contribution >= 4 is 16.9 Å². The molecule has 2 aliphatic carbocycles. The van der Waals surface area contributed by atoms with Gasteiger partial charge in [-0.1, -0.05) is 12.1 Å². The van der Waals surface area contributed by atoms with E-state index >= 15 is 0 Å². The van der Waals surface area contributed by atoms with Crippen LogP contribution in [-0.4, -0.2) is 45.8 Å². The van der Waals surface area contributed by atoms with Crippen LogP contribution in [-0.2, 0) is 11.3 Å². The lowest BCUT2D eigenvalue weighted by Gasteiger charge is -2.35. The number of rotatable bonds is 4. The Bertz CT molecular complexity index is 828. The van der Waals surface area contributed by atoms with Gasteiger partial charge in [-0.3, -0.25) is 4.79 Å². The molecule has 1 saturated heterocycles. The van der Waals surface area contributed by atoms with Crippen LogP contribution in [0.4, 0.5) is 0 Å². The molecule has 2 saturated carbocycles. The van der Waals surface area contributed by atoms with E-state index in [0.29, 0.717) is 17.8 Å². The van der Waals surface area contributed by atoms with Gasteiger partial charge in [0.1, 0.15) is 12.4 Å². The van der Waals surface area contributed by atoms with Gasteiger partial charge in [-0.05, 0) is 62.7 Å². The predicted octanol–water partition coefficient (Wildman–Crippen LogP) is 1.39. The Kier molecular flexibility index (Phi) is 3.98. The minimum Gasteiger partial charge on any atom is -0.391 e. The van der Waals surface area contributed by atoms with Crippen LogP contribution in [0, 0.1) is 11.8 Å². The van der Waals surface area contributed by atoms with Crippen molar-refractivity contribution < 1.29 is 9.90 Å². The zero-order chi connectivity index (χ0) is 17.7. The maximum atomic E-state index is 12.8. The smallest absolute Gasteiger partial charge is 0.240 e. The number of aliphatic hydroxyl groups is 1. The Morgan fingerprint density at radius 3 is 2.81 bits per heavy atom. The fourth-order valence-electron chi connectivity index (χ4n) is 4.76. The lowest BCUT2D eigenvalue weighted by atomic mass is 9.77. The Hall–Kier alpha value is -1.92. The van der Waals surface area contributed by atoms with E-state index in [1.807, 2.05) is 24.3 Å². The van der Waals surface area contributed by atoms with E-state index in [1.54, 1.807) is 0 Å². The van der Waals surface area contributed by atoms with Crippen LogP contribution in [0.5, 0.6) is 0 Å². The molecule has 0 bridgehead atoms. The maximum Gasteiger partial charge on any atom is 0.240 e. The molecule has 3 fully saturated rings. The van der Waals surface area contributed by atoms with Gasteiger partial charge in [-0.2, -0.15) is 0 Å². The lowest BCUT2D eigenvalue weighted by molar-refractivity contribution is -0.124. The van der Waals surface area contributed by atoms with Crippen molar-refractivity contribution in [2.45, 2.75) is 50.3 Å². The van der Waals surface area contributed by atoms with Gasteiger partial charge in [-0.25, -0.2) is 4.98 Å². The van der Waals surface area contributed by atoms with Gasteiger partial charge in [0.2, 0.25) is 5.91 Å². The summed E-state index contributed by atoms with van der Waals surface area (Å²) < 4.78 is 2.07. The van der Waals surface area contributed by atoms with E-state index in [0.717, 1.165) is 55.6 Å². The molecule has 3 aliphatic rings. The highest BCUT2D eigenvalue weighted by atomic mass is 16.3. The number of amides is 1. The van der Waals surface area contributed by atoms with Crippen molar-refractivity contribution in [1.82, 2.24) is 20.2 Å². The summed E-state index contributed by atoms with van der Waals surface area (Å²) >= 11 is 0. The van der Waals surface area contributed by atoms with Crippen LogP contribution in [0.25, 0.3) is 11.0 Å². The van der Waals surface area contributed by atoms with Crippen LogP contribution in [0.15, 0.2) is 24.3 Å². The van der Waals surface area contributed by atoms with Gasteiger partial charge in [0.25, 0.3) is 0 Å². The second-order valence-corrected chi connectivity index (χ2v) is 8.21. The highest BCUT2D eigenvalue weighted by Crippen LogP contribution is 2.40. The molecule has 4 atom stereocenters. The van der Waals surface area contributed by atoms with E-state index in [9.17, 15) is 9.90 Å². The molecule has 6 nitrogen and oxygen atoms in total. The number of nitrogens with zero attached hydrogens (tertiary/aromatic N) is 2. The molecule has 6 heteroatoms. The molecule has 0 spiro atoms. The normalized spacial score (nSPS) is 31.1. The third-order valence-corrected chi connectivity index (χ3v) is 6.32. The van der Waals surface area contributed by atoms with Crippen molar-refractivity contribution in [3.63, 3.8) is 0 Å². The molecule has 3 N–H and O–H groups in total. The number of carbonyl (C=O) groups excluding carboxylic acids is 1. The molecule has 0 radical (unpaired) electrons. The number of para-hydroxylation sites is 2. The van der Waals surface area contributed by atoms with Crippen molar-refractivity contribution in [3.05, 3.63) is 30.1 Å². The number of aromatic nitrogens is 2. The summed E-state index contributed by atoms with van der Waals surface area (Å²) in [5, 5.41) is 17.0. The van der Waals surface area contributed by atoms with E-state index in [-0.39, 0.29) is 18.5 Å². The Balaban J connectivity index is 1.33. The molecule has 1 amide bonds. The number of imidazole rings is 1. The average Bonchev–Trinajstić information content (AvgIpc) is 3.28. The molecule has 1 aromatic carbocycles. The first kappa shape index (κ1) is 16.3. The number of benzene rings is 1. The van der Waals surface area contributed by atoms with Crippen molar-refractivity contribution in [1.29, 1.82) is 0 Å². The summed E-state index contributed by atoms with van der Waals surface area (Å²) in [7, 11) is 0. The number of hydrogen-bond donors (Lipinski definition) is 3. The van der Waals surface area contributed by atoms with E-state index in [2.05, 4.69) is 15.2 Å². The second kappa shape index (κ2) is 6.35. The monoisotopic (exact) mass is 354 g/mol. The van der Waals surface area contributed by atoms with E-state index < -0.39 is 6.10 Å². The first-order valence-electron chi connectivity index (χ1n) is 9.82. The van der Waals surface area contributed by atoms with E-state index in [4.69, 9.17) is 4.98 Å². The quantitative estimate of drug-likeness (QED) is 0.775. The number of carbonyl (C=O) groups is 1. The molecule has 0 unspecified atom stereocenters. The summed E-state index contributed by atoms with van der Waals surface area (Å²) in [6, 6.07) is 7.89. The van der Waals surface area contributed by atoms with Crippen LogP contribution < -0.4 is 10.6 Å². The third kappa shape index (κ3) is 2.91. The maximum absolute atomic E-state index is 12.8. The minimum atomic E-state index is -0.442. The molecule has 26 heavy (non-hydrogen) atoms. The van der Waals surface area contributed by atoms with Crippen LogP contribution >= 0.6 is 0 Å². The van der Waals surface area contributed by atoms with Gasteiger partial charge in [0.05, 0.1) is 23.2 Å². The van der Waals surface area contributed by atoms with Crippen molar-refractivity contribution in [2.24, 2.45) is 11.8 Å². The molecule has 138 valence electrons. The first-order valence-corrected chi connectivity index (χ1v) is 9.82. The fraction of sp³-hybridized carbons (Fsp3) is 0.600. The predicted molar refractivity (Wildman–Crippen MR) is 98.7 cm³/mol. The van der Waals surface area contributed by atoms with Crippen molar-refractivity contribution in [2.75, 3.05) is 13.1 Å².